The van der Waals surface area contributed by atoms with Crippen LogP contribution in [-0.2, 0) is 14.3 Å². The van der Waals surface area contributed by atoms with E-state index >= 15 is 0 Å². The highest BCUT2D eigenvalue weighted by Crippen LogP contribution is 2.12. The summed E-state index contributed by atoms with van der Waals surface area (Å²) in [5.41, 5.74) is 0. The molecule has 178 valence electrons. The van der Waals surface area contributed by atoms with Gasteiger partial charge >= 0.3 is 0 Å². The van der Waals surface area contributed by atoms with Gasteiger partial charge in [-0.15, -0.1) is 0 Å². The molecule has 0 heterocycles. The largest absolute Gasteiger partial charge is 0.344 e. The van der Waals surface area contributed by atoms with Crippen molar-refractivity contribution in [1.82, 2.24) is 6.15 Å². The second kappa shape index (κ2) is 24.1. The van der Waals surface area contributed by atoms with Gasteiger partial charge in [-0.25, -0.2) is 0 Å². The fourth-order valence-electron chi connectivity index (χ4n) is 3.45. The van der Waals surface area contributed by atoms with Gasteiger partial charge in [0.1, 0.15) is 0 Å². The lowest BCUT2D eigenvalue weighted by molar-refractivity contribution is 0.305. The van der Waals surface area contributed by atoms with Crippen LogP contribution < -0.4 is 6.15 Å². The summed E-state index contributed by atoms with van der Waals surface area (Å²) < 4.78 is 40.8. The van der Waals surface area contributed by atoms with Crippen LogP contribution in [0.25, 0.3) is 0 Å². The van der Waals surface area contributed by atoms with Crippen molar-refractivity contribution >= 4 is 10.1 Å². The first-order valence-electron chi connectivity index (χ1n) is 12.1. The van der Waals surface area contributed by atoms with E-state index in [1.807, 2.05) is 0 Å². The summed E-state index contributed by atoms with van der Waals surface area (Å²) in [6.45, 7) is 2.38. The van der Waals surface area contributed by atoms with Crippen molar-refractivity contribution < 1.29 is 17.0 Å². The van der Waals surface area contributed by atoms with Crippen LogP contribution in [0.5, 0.6) is 0 Å². The van der Waals surface area contributed by atoms with Crippen molar-refractivity contribution in [3.8, 4) is 0 Å². The molecule has 0 aliphatic carbocycles. The Labute approximate surface area is 181 Å². The zero-order valence-corrected chi connectivity index (χ0v) is 20.1. The van der Waals surface area contributed by atoms with Crippen molar-refractivity contribution in [3.05, 3.63) is 0 Å². The van der Waals surface area contributed by atoms with Gasteiger partial charge in [-0.2, -0.15) is 8.42 Å². The van der Waals surface area contributed by atoms with Crippen LogP contribution in [0, 0.1) is 0 Å². The van der Waals surface area contributed by atoms with Gasteiger partial charge in [-0.1, -0.05) is 110 Å². The number of hydrogen-bond donors (Lipinski definition) is 1. The average molecular weight is 440 g/mol. The summed E-state index contributed by atoms with van der Waals surface area (Å²) in [5.74, 6) is 0.146. The van der Waals surface area contributed by atoms with E-state index in [2.05, 4.69) is 6.92 Å². The summed E-state index contributed by atoms with van der Waals surface area (Å²) in [6, 6.07) is 0. The SMILES string of the molecule is CCCCCCCCCCCCCOS(=O)(=O)CCCCCCCCCCF.N. The molecule has 0 amide bonds. The molecule has 0 bridgehead atoms. The minimum Gasteiger partial charge on any atom is -0.344 e. The molecule has 0 aliphatic heterocycles. The quantitative estimate of drug-likeness (QED) is 0.130. The van der Waals surface area contributed by atoms with Crippen molar-refractivity contribution in [2.24, 2.45) is 0 Å². The van der Waals surface area contributed by atoms with Crippen molar-refractivity contribution in [2.75, 3.05) is 19.0 Å². The highest BCUT2D eigenvalue weighted by molar-refractivity contribution is 7.86. The van der Waals surface area contributed by atoms with Gasteiger partial charge < -0.3 is 6.15 Å². The average Bonchev–Trinajstić information content (AvgIpc) is 2.67. The zero-order valence-electron chi connectivity index (χ0n) is 19.3. The van der Waals surface area contributed by atoms with Gasteiger partial charge in [-0.3, -0.25) is 8.57 Å². The van der Waals surface area contributed by atoms with Crippen LogP contribution in [0.4, 0.5) is 4.39 Å². The summed E-state index contributed by atoms with van der Waals surface area (Å²) in [4.78, 5) is 0. The summed E-state index contributed by atoms with van der Waals surface area (Å²) in [7, 11) is -3.34. The predicted molar refractivity (Wildman–Crippen MR) is 124 cm³/mol. The van der Waals surface area contributed by atoms with Gasteiger partial charge in [0, 0.05) is 0 Å². The third kappa shape index (κ3) is 25.8. The third-order valence-corrected chi connectivity index (χ3v) is 6.60. The molecule has 0 spiro atoms. The molecule has 0 atom stereocenters. The molecule has 0 aromatic rings. The lowest BCUT2D eigenvalue weighted by atomic mass is 10.1. The Kier molecular flexibility index (Phi) is 25.7. The lowest BCUT2D eigenvalue weighted by Crippen LogP contribution is -2.11. The molecule has 6 heteroatoms. The number of halogens is 1. The zero-order chi connectivity index (χ0) is 20.8. The molecule has 0 saturated carbocycles. The first-order chi connectivity index (χ1) is 13.6. The Morgan fingerprint density at radius 3 is 1.41 bits per heavy atom. The van der Waals surface area contributed by atoms with Crippen molar-refractivity contribution in [2.45, 2.75) is 129 Å². The normalized spacial score (nSPS) is 11.5. The van der Waals surface area contributed by atoms with E-state index < -0.39 is 10.1 Å². The Morgan fingerprint density at radius 2 is 0.966 bits per heavy atom. The molecule has 0 radical (unpaired) electrons. The lowest BCUT2D eigenvalue weighted by Gasteiger charge is -2.06. The van der Waals surface area contributed by atoms with E-state index in [0.717, 1.165) is 51.4 Å². The van der Waals surface area contributed by atoms with Crippen molar-refractivity contribution in [3.63, 3.8) is 0 Å². The van der Waals surface area contributed by atoms with Crippen molar-refractivity contribution in [1.29, 1.82) is 0 Å². The highest BCUT2D eigenvalue weighted by atomic mass is 32.2. The molecule has 0 saturated heterocycles. The molecule has 29 heavy (non-hydrogen) atoms. The maximum Gasteiger partial charge on any atom is 0.267 e. The number of alkyl halides is 1. The van der Waals surface area contributed by atoms with E-state index in [9.17, 15) is 12.8 Å². The second-order valence-electron chi connectivity index (χ2n) is 8.14. The minimum atomic E-state index is -3.34. The van der Waals surface area contributed by atoms with Gasteiger partial charge in [0.05, 0.1) is 19.0 Å². The molecule has 0 fully saturated rings. The van der Waals surface area contributed by atoms with Crippen LogP contribution in [-0.4, -0.2) is 27.5 Å². The summed E-state index contributed by atoms with van der Waals surface area (Å²) in [6.07, 6.45) is 21.4. The van der Waals surface area contributed by atoms with Gasteiger partial charge in [0.2, 0.25) is 0 Å². The van der Waals surface area contributed by atoms with E-state index in [1.165, 1.54) is 57.8 Å². The molecule has 0 unspecified atom stereocenters. The standard InChI is InChI=1S/C23H47FO3S.H3N/c1-2-3-4-5-6-7-8-10-13-16-19-22-27-28(25,26)23-20-17-14-11-9-12-15-18-21-24;/h2-23H2,1H3;1H3. The van der Waals surface area contributed by atoms with Gasteiger partial charge in [-0.05, 0) is 19.3 Å². The Morgan fingerprint density at radius 1 is 0.586 bits per heavy atom. The topological polar surface area (TPSA) is 78.4 Å². The summed E-state index contributed by atoms with van der Waals surface area (Å²) >= 11 is 0. The highest BCUT2D eigenvalue weighted by Gasteiger charge is 2.10. The van der Waals surface area contributed by atoms with Crippen LogP contribution in [0.2, 0.25) is 0 Å². The molecule has 0 aromatic heterocycles. The van der Waals surface area contributed by atoms with Crippen LogP contribution in [0.3, 0.4) is 0 Å². The molecule has 0 aromatic carbocycles. The fourth-order valence-corrected chi connectivity index (χ4v) is 4.49. The fraction of sp³-hybridized carbons (Fsp3) is 1.00. The molecular formula is C23H50FNO3S. The molecule has 4 nitrogen and oxygen atoms in total. The maximum atomic E-state index is 12.0. The van der Waals surface area contributed by atoms with E-state index in [-0.39, 0.29) is 18.6 Å². The van der Waals surface area contributed by atoms with Crippen LogP contribution in [0.15, 0.2) is 0 Å². The van der Waals surface area contributed by atoms with Gasteiger partial charge in [0.25, 0.3) is 10.1 Å². The number of unbranched alkanes of at least 4 members (excludes halogenated alkanes) is 17. The Bertz CT molecular complexity index is 405. The first kappa shape index (κ1) is 31.0. The first-order valence-corrected chi connectivity index (χ1v) is 13.6. The van der Waals surface area contributed by atoms with E-state index in [0.29, 0.717) is 19.4 Å². The van der Waals surface area contributed by atoms with E-state index in [4.69, 9.17) is 4.18 Å². The summed E-state index contributed by atoms with van der Waals surface area (Å²) in [5, 5.41) is 0. The smallest absolute Gasteiger partial charge is 0.267 e. The molecule has 0 rings (SSSR count). The van der Waals surface area contributed by atoms with Crippen LogP contribution in [0.1, 0.15) is 129 Å². The predicted octanol–water partition coefficient (Wildman–Crippen LogP) is 7.90. The number of rotatable bonds is 23. The third-order valence-electron chi connectivity index (χ3n) is 5.29. The number of hydrogen-bond acceptors (Lipinski definition) is 4. The molecular weight excluding hydrogens is 389 g/mol. The second-order valence-corrected chi connectivity index (χ2v) is 9.90. The van der Waals surface area contributed by atoms with Gasteiger partial charge in [0.15, 0.2) is 0 Å². The Balaban J connectivity index is 0. The maximum absolute atomic E-state index is 12.0. The molecule has 0 aliphatic rings. The van der Waals surface area contributed by atoms with Crippen LogP contribution >= 0.6 is 0 Å². The minimum absolute atomic E-state index is 0. The Hall–Kier alpha value is -0.200. The van der Waals surface area contributed by atoms with E-state index in [1.54, 1.807) is 0 Å². The molecule has 3 N–H and O–H groups in total. The monoisotopic (exact) mass is 439 g/mol.